The Morgan fingerprint density at radius 1 is 1.30 bits per heavy atom. The van der Waals surface area contributed by atoms with Crippen LogP contribution in [-0.4, -0.2) is 43.3 Å². The normalized spacial score (nSPS) is 10.8. The van der Waals surface area contributed by atoms with Gasteiger partial charge in [0.15, 0.2) is 11.0 Å². The summed E-state index contributed by atoms with van der Waals surface area (Å²) in [7, 11) is 3.39. The number of benzene rings is 1. The van der Waals surface area contributed by atoms with Gasteiger partial charge in [0.1, 0.15) is 5.56 Å². The summed E-state index contributed by atoms with van der Waals surface area (Å²) < 4.78 is 9.89. The monoisotopic (exact) mass is 450 g/mol. The van der Waals surface area contributed by atoms with Crippen molar-refractivity contribution >= 4 is 39.3 Å². The number of halogens is 1. The van der Waals surface area contributed by atoms with Crippen molar-refractivity contribution in [2.45, 2.75) is 18.6 Å². The lowest BCUT2D eigenvalue weighted by molar-refractivity contribution is -0.113. The van der Waals surface area contributed by atoms with Gasteiger partial charge in [-0.05, 0) is 31.2 Å². The van der Waals surface area contributed by atoms with E-state index in [1.54, 1.807) is 11.8 Å². The second-order valence-electron chi connectivity index (χ2n) is 5.62. The molecule has 142 valence electrons. The Labute approximate surface area is 169 Å². The van der Waals surface area contributed by atoms with E-state index in [9.17, 15) is 4.79 Å². The lowest BCUT2D eigenvalue weighted by Crippen LogP contribution is -2.14. The minimum Gasteiger partial charge on any atom is -0.479 e. The minimum atomic E-state index is -0.103. The van der Waals surface area contributed by atoms with E-state index in [1.807, 2.05) is 49.0 Å². The number of methoxy groups -OCH3 is 1. The number of hydrogen-bond donors (Lipinski definition) is 1. The molecule has 0 aliphatic rings. The summed E-state index contributed by atoms with van der Waals surface area (Å²) in [6.45, 7) is 2.67. The van der Waals surface area contributed by atoms with Gasteiger partial charge in [0, 0.05) is 29.9 Å². The van der Waals surface area contributed by atoms with Crippen LogP contribution in [0.5, 0.6) is 5.88 Å². The van der Waals surface area contributed by atoms with Gasteiger partial charge in [0.05, 0.1) is 12.9 Å². The second kappa shape index (κ2) is 8.57. The van der Waals surface area contributed by atoms with Crippen molar-refractivity contribution < 1.29 is 9.53 Å². The van der Waals surface area contributed by atoms with Gasteiger partial charge in [-0.3, -0.25) is 9.48 Å². The predicted octanol–water partition coefficient (Wildman–Crippen LogP) is 3.20. The summed E-state index contributed by atoms with van der Waals surface area (Å²) in [5, 5.41) is 16.3. The molecule has 0 atom stereocenters. The molecular weight excluding hydrogens is 432 g/mol. The van der Waals surface area contributed by atoms with Crippen LogP contribution in [-0.2, 0) is 18.4 Å². The summed E-state index contributed by atoms with van der Waals surface area (Å²) in [5.41, 5.74) is 1.52. The molecule has 0 bridgehead atoms. The van der Waals surface area contributed by atoms with Crippen LogP contribution in [0.2, 0.25) is 0 Å². The summed E-state index contributed by atoms with van der Waals surface area (Å²) in [6.07, 6.45) is 1.84. The molecule has 8 nitrogen and oxygen atoms in total. The number of carbonyl (C=O) groups is 1. The fraction of sp³-hybridized carbons (Fsp3) is 0.294. The fourth-order valence-electron chi connectivity index (χ4n) is 2.51. The molecule has 2 heterocycles. The maximum atomic E-state index is 12.2. The number of hydrogen-bond acceptors (Lipinski definition) is 6. The fourth-order valence-corrected chi connectivity index (χ4v) is 3.58. The quantitative estimate of drug-likeness (QED) is 0.556. The molecule has 10 heteroatoms. The van der Waals surface area contributed by atoms with E-state index >= 15 is 0 Å². The number of nitrogens with zero attached hydrogens (tertiary/aromatic N) is 5. The predicted molar refractivity (Wildman–Crippen MR) is 108 cm³/mol. The SMILES string of the molecule is CCn1c(SCC(=O)Nc2ccc(Br)cc2)nnc1-c1cn(C)nc1OC. The molecule has 0 saturated carbocycles. The Bertz CT molecular complexity index is 938. The number of aryl methyl sites for hydroxylation is 1. The first kappa shape index (κ1) is 19.4. The molecular formula is C17H19BrN6O2S. The molecule has 27 heavy (non-hydrogen) atoms. The van der Waals surface area contributed by atoms with E-state index < -0.39 is 0 Å². The van der Waals surface area contributed by atoms with Gasteiger partial charge in [-0.2, -0.15) is 0 Å². The van der Waals surface area contributed by atoms with Gasteiger partial charge in [-0.1, -0.05) is 27.7 Å². The molecule has 2 aromatic heterocycles. The van der Waals surface area contributed by atoms with E-state index in [-0.39, 0.29) is 11.7 Å². The first-order chi connectivity index (χ1) is 13.0. The maximum Gasteiger partial charge on any atom is 0.243 e. The summed E-state index contributed by atoms with van der Waals surface area (Å²) in [6, 6.07) is 7.44. The summed E-state index contributed by atoms with van der Waals surface area (Å²) in [4.78, 5) is 12.2. The molecule has 0 radical (unpaired) electrons. The van der Waals surface area contributed by atoms with Gasteiger partial charge >= 0.3 is 0 Å². The molecule has 0 saturated heterocycles. The number of rotatable bonds is 7. The first-order valence-electron chi connectivity index (χ1n) is 8.21. The number of nitrogens with one attached hydrogen (secondary N) is 1. The zero-order valence-electron chi connectivity index (χ0n) is 15.1. The Morgan fingerprint density at radius 3 is 2.70 bits per heavy atom. The molecule has 0 aliphatic carbocycles. The Kier molecular flexibility index (Phi) is 6.17. The van der Waals surface area contributed by atoms with Crippen molar-refractivity contribution in [2.75, 3.05) is 18.2 Å². The number of carbonyl (C=O) groups excluding carboxylic acids is 1. The van der Waals surface area contributed by atoms with Gasteiger partial charge in [0.2, 0.25) is 11.8 Å². The summed E-state index contributed by atoms with van der Waals surface area (Å²) in [5.74, 6) is 1.29. The highest BCUT2D eigenvalue weighted by molar-refractivity contribution is 9.10. The highest BCUT2D eigenvalue weighted by Crippen LogP contribution is 2.29. The van der Waals surface area contributed by atoms with E-state index in [4.69, 9.17) is 4.74 Å². The molecule has 0 fully saturated rings. The van der Waals surface area contributed by atoms with Gasteiger partial charge in [-0.15, -0.1) is 15.3 Å². The molecule has 1 N–H and O–H groups in total. The number of amides is 1. The Morgan fingerprint density at radius 2 is 2.04 bits per heavy atom. The highest BCUT2D eigenvalue weighted by Gasteiger charge is 2.20. The lowest BCUT2D eigenvalue weighted by atomic mass is 10.3. The smallest absolute Gasteiger partial charge is 0.243 e. The second-order valence-corrected chi connectivity index (χ2v) is 7.48. The largest absolute Gasteiger partial charge is 0.479 e. The van der Waals surface area contributed by atoms with Crippen LogP contribution in [0.4, 0.5) is 5.69 Å². The van der Waals surface area contributed by atoms with E-state index in [1.165, 1.54) is 11.8 Å². The lowest BCUT2D eigenvalue weighted by Gasteiger charge is -2.07. The Hall–Kier alpha value is -2.33. The molecule has 3 aromatic rings. The summed E-state index contributed by atoms with van der Waals surface area (Å²) >= 11 is 4.71. The third-order valence-electron chi connectivity index (χ3n) is 3.72. The maximum absolute atomic E-state index is 12.2. The topological polar surface area (TPSA) is 86.9 Å². The van der Waals surface area contributed by atoms with Crippen molar-refractivity contribution in [3.63, 3.8) is 0 Å². The van der Waals surface area contributed by atoms with Gasteiger partial charge < -0.3 is 14.6 Å². The van der Waals surface area contributed by atoms with E-state index in [2.05, 4.69) is 36.5 Å². The third-order valence-corrected chi connectivity index (χ3v) is 5.22. The average molecular weight is 451 g/mol. The molecule has 3 rings (SSSR count). The third kappa shape index (κ3) is 4.51. The van der Waals surface area contributed by atoms with Gasteiger partial charge in [0.25, 0.3) is 0 Å². The molecule has 0 aliphatic heterocycles. The van der Waals surface area contributed by atoms with Crippen LogP contribution in [0, 0.1) is 0 Å². The van der Waals surface area contributed by atoms with Crippen molar-refractivity contribution in [2.24, 2.45) is 7.05 Å². The van der Waals surface area contributed by atoms with Crippen molar-refractivity contribution in [1.82, 2.24) is 24.5 Å². The van der Waals surface area contributed by atoms with Crippen molar-refractivity contribution in [3.05, 3.63) is 34.9 Å². The van der Waals surface area contributed by atoms with Crippen LogP contribution < -0.4 is 10.1 Å². The zero-order valence-corrected chi connectivity index (χ0v) is 17.5. The number of ether oxygens (including phenoxy) is 1. The van der Waals surface area contributed by atoms with Crippen LogP contribution >= 0.6 is 27.7 Å². The van der Waals surface area contributed by atoms with Crippen LogP contribution in [0.15, 0.2) is 40.1 Å². The average Bonchev–Trinajstić information content (AvgIpc) is 3.24. The first-order valence-corrected chi connectivity index (χ1v) is 9.99. The van der Waals surface area contributed by atoms with Gasteiger partial charge in [-0.25, -0.2) is 0 Å². The zero-order chi connectivity index (χ0) is 19.4. The van der Waals surface area contributed by atoms with E-state index in [0.717, 1.165) is 15.7 Å². The molecule has 1 amide bonds. The standard InChI is InChI=1S/C17H19BrN6O2S/c1-4-24-15(13-9-23(2)22-16(13)26-3)20-21-17(24)27-10-14(25)19-12-7-5-11(18)6-8-12/h5-9H,4,10H2,1-3H3,(H,19,25). The minimum absolute atomic E-state index is 0.103. The molecule has 1 aromatic carbocycles. The number of thioether (sulfide) groups is 1. The highest BCUT2D eigenvalue weighted by atomic mass is 79.9. The Balaban J connectivity index is 1.71. The van der Waals surface area contributed by atoms with Crippen molar-refractivity contribution in [3.8, 4) is 17.3 Å². The van der Waals surface area contributed by atoms with Crippen LogP contribution in [0.3, 0.4) is 0 Å². The molecule has 0 unspecified atom stereocenters. The number of anilines is 1. The molecule has 0 spiro atoms. The van der Waals surface area contributed by atoms with Crippen LogP contribution in [0.25, 0.3) is 11.4 Å². The van der Waals surface area contributed by atoms with Crippen LogP contribution in [0.1, 0.15) is 6.92 Å². The van der Waals surface area contributed by atoms with E-state index in [0.29, 0.717) is 23.4 Å². The number of aromatic nitrogens is 5. The van der Waals surface area contributed by atoms with Crippen molar-refractivity contribution in [1.29, 1.82) is 0 Å².